The molecular formula is C26H15N3. The Morgan fingerprint density at radius 2 is 1.24 bits per heavy atom. The van der Waals surface area contributed by atoms with Crippen LogP contribution < -0.4 is 0 Å². The quantitative estimate of drug-likeness (QED) is 0.372. The lowest BCUT2D eigenvalue weighted by Gasteiger charge is -2.10. The minimum Gasteiger partial charge on any atom is -0.309 e. The van der Waals surface area contributed by atoms with Gasteiger partial charge in [-0.3, -0.25) is 0 Å². The Morgan fingerprint density at radius 1 is 0.586 bits per heavy atom. The Bertz CT molecular complexity index is 1430. The molecule has 5 rings (SSSR count). The van der Waals surface area contributed by atoms with Gasteiger partial charge < -0.3 is 4.57 Å². The van der Waals surface area contributed by atoms with E-state index in [4.69, 9.17) is 0 Å². The number of benzene rings is 4. The Hall–Kier alpha value is -4.34. The van der Waals surface area contributed by atoms with Gasteiger partial charge in [-0.1, -0.05) is 54.6 Å². The molecule has 3 nitrogen and oxygen atoms in total. The average molecular weight is 369 g/mol. The highest BCUT2D eigenvalue weighted by molar-refractivity contribution is 6.10. The largest absolute Gasteiger partial charge is 0.309 e. The molecule has 0 radical (unpaired) electrons. The van der Waals surface area contributed by atoms with E-state index in [9.17, 15) is 10.5 Å². The highest BCUT2D eigenvalue weighted by Crippen LogP contribution is 2.36. The van der Waals surface area contributed by atoms with Crippen LogP contribution in [0.5, 0.6) is 0 Å². The number of para-hydroxylation sites is 2. The summed E-state index contributed by atoms with van der Waals surface area (Å²) in [6, 6.07) is 34.5. The first-order valence-corrected chi connectivity index (χ1v) is 9.34. The predicted molar refractivity (Wildman–Crippen MR) is 116 cm³/mol. The van der Waals surface area contributed by atoms with Crippen molar-refractivity contribution in [2.45, 2.75) is 0 Å². The van der Waals surface area contributed by atoms with Crippen LogP contribution in [0.1, 0.15) is 11.1 Å². The van der Waals surface area contributed by atoms with Crippen molar-refractivity contribution in [1.29, 1.82) is 10.5 Å². The second-order valence-corrected chi connectivity index (χ2v) is 6.87. The van der Waals surface area contributed by atoms with Gasteiger partial charge in [0.2, 0.25) is 0 Å². The van der Waals surface area contributed by atoms with Crippen LogP contribution in [0.4, 0.5) is 0 Å². The lowest BCUT2D eigenvalue weighted by molar-refractivity contribution is 1.18. The second-order valence-electron chi connectivity index (χ2n) is 6.87. The van der Waals surface area contributed by atoms with Crippen LogP contribution in [-0.4, -0.2) is 4.57 Å². The average Bonchev–Trinajstić information content (AvgIpc) is 3.12. The summed E-state index contributed by atoms with van der Waals surface area (Å²) in [6.45, 7) is 0. The van der Waals surface area contributed by atoms with E-state index in [1.54, 1.807) is 18.2 Å². The summed E-state index contributed by atoms with van der Waals surface area (Å²) in [5.41, 5.74) is 5.81. The summed E-state index contributed by atoms with van der Waals surface area (Å²) in [4.78, 5) is 0. The molecule has 0 atom stereocenters. The molecule has 0 saturated heterocycles. The molecule has 0 aliphatic rings. The Morgan fingerprint density at radius 3 is 1.97 bits per heavy atom. The lowest BCUT2D eigenvalue weighted by Crippen LogP contribution is -1.94. The first-order valence-electron chi connectivity index (χ1n) is 9.34. The van der Waals surface area contributed by atoms with Crippen LogP contribution in [0.2, 0.25) is 0 Å². The summed E-state index contributed by atoms with van der Waals surface area (Å²) < 4.78 is 2.23. The molecule has 5 aromatic rings. The number of hydrogen-bond donors (Lipinski definition) is 0. The smallest absolute Gasteiger partial charge is 0.0998 e. The van der Waals surface area contributed by atoms with Crippen LogP contribution in [0.3, 0.4) is 0 Å². The number of fused-ring (bicyclic) bond motifs is 3. The third kappa shape index (κ3) is 2.57. The molecule has 0 unspecified atom stereocenters. The molecule has 4 aromatic carbocycles. The van der Waals surface area contributed by atoms with Gasteiger partial charge in [-0.15, -0.1) is 0 Å². The Kier molecular flexibility index (Phi) is 3.87. The van der Waals surface area contributed by atoms with E-state index in [1.807, 2.05) is 36.4 Å². The van der Waals surface area contributed by atoms with Crippen LogP contribution in [0.15, 0.2) is 91.0 Å². The van der Waals surface area contributed by atoms with Gasteiger partial charge in [-0.05, 0) is 42.0 Å². The highest BCUT2D eigenvalue weighted by Gasteiger charge is 2.15. The fourth-order valence-corrected chi connectivity index (χ4v) is 4.03. The Labute approximate surface area is 168 Å². The lowest BCUT2D eigenvalue weighted by atomic mass is 9.94. The van der Waals surface area contributed by atoms with Gasteiger partial charge >= 0.3 is 0 Å². The molecular weight excluding hydrogens is 354 g/mol. The van der Waals surface area contributed by atoms with E-state index in [1.165, 1.54) is 5.39 Å². The molecule has 0 spiro atoms. The third-order valence-corrected chi connectivity index (χ3v) is 5.28. The molecule has 0 bridgehead atoms. The standard InChI is InChI=1S/C26H15N3/c27-16-19-7-6-8-20(17-28)26(19)18-13-14-23-22-11-4-5-12-24(22)29(25(23)15-18)21-9-2-1-3-10-21/h1-15H. The maximum absolute atomic E-state index is 9.60. The summed E-state index contributed by atoms with van der Waals surface area (Å²) in [5.74, 6) is 0. The summed E-state index contributed by atoms with van der Waals surface area (Å²) in [6.07, 6.45) is 0. The van der Waals surface area contributed by atoms with Gasteiger partial charge in [0.05, 0.1) is 34.3 Å². The zero-order valence-electron chi connectivity index (χ0n) is 15.5. The van der Waals surface area contributed by atoms with Gasteiger partial charge in [-0.2, -0.15) is 10.5 Å². The molecule has 134 valence electrons. The van der Waals surface area contributed by atoms with Gasteiger partial charge in [0.1, 0.15) is 0 Å². The van der Waals surface area contributed by atoms with Crippen LogP contribution >= 0.6 is 0 Å². The zero-order chi connectivity index (χ0) is 19.8. The molecule has 0 N–H and O–H groups in total. The van der Waals surface area contributed by atoms with Gasteiger partial charge in [0, 0.05) is 22.0 Å². The van der Waals surface area contributed by atoms with E-state index >= 15 is 0 Å². The van der Waals surface area contributed by atoms with E-state index < -0.39 is 0 Å². The highest BCUT2D eigenvalue weighted by atomic mass is 15.0. The number of nitrogens with zero attached hydrogens (tertiary/aromatic N) is 3. The van der Waals surface area contributed by atoms with Crippen molar-refractivity contribution in [3.8, 4) is 29.0 Å². The fourth-order valence-electron chi connectivity index (χ4n) is 4.03. The van der Waals surface area contributed by atoms with E-state index in [-0.39, 0.29) is 0 Å². The normalized spacial score (nSPS) is 10.7. The van der Waals surface area contributed by atoms with Crippen molar-refractivity contribution in [2.75, 3.05) is 0 Å². The number of nitriles is 2. The van der Waals surface area contributed by atoms with Gasteiger partial charge in [-0.25, -0.2) is 0 Å². The maximum Gasteiger partial charge on any atom is 0.0998 e. The fraction of sp³-hybridized carbons (Fsp3) is 0. The second kappa shape index (κ2) is 6.68. The molecule has 0 fully saturated rings. The molecule has 0 amide bonds. The summed E-state index contributed by atoms with van der Waals surface area (Å²) >= 11 is 0. The molecule has 1 heterocycles. The van der Waals surface area contributed by atoms with Crippen LogP contribution in [0, 0.1) is 22.7 Å². The zero-order valence-corrected chi connectivity index (χ0v) is 15.5. The SMILES string of the molecule is N#Cc1cccc(C#N)c1-c1ccc2c3ccccc3n(-c3ccccc3)c2c1. The molecule has 0 saturated carbocycles. The predicted octanol–water partition coefficient (Wildman–Crippen LogP) is 6.19. The third-order valence-electron chi connectivity index (χ3n) is 5.28. The minimum atomic E-state index is 0.505. The van der Waals surface area contributed by atoms with Crippen LogP contribution in [0.25, 0.3) is 38.6 Å². The molecule has 0 aliphatic carbocycles. The summed E-state index contributed by atoms with van der Waals surface area (Å²) in [7, 11) is 0. The van der Waals surface area contributed by atoms with Crippen molar-refractivity contribution < 1.29 is 0 Å². The number of rotatable bonds is 2. The number of aromatic nitrogens is 1. The maximum atomic E-state index is 9.60. The minimum absolute atomic E-state index is 0.505. The van der Waals surface area contributed by atoms with Gasteiger partial charge in [0.15, 0.2) is 0 Å². The monoisotopic (exact) mass is 369 g/mol. The van der Waals surface area contributed by atoms with Crippen LogP contribution in [-0.2, 0) is 0 Å². The molecule has 0 aliphatic heterocycles. The van der Waals surface area contributed by atoms with Gasteiger partial charge in [0.25, 0.3) is 0 Å². The molecule has 1 aromatic heterocycles. The van der Waals surface area contributed by atoms with E-state index in [0.717, 1.165) is 27.7 Å². The number of hydrogen-bond acceptors (Lipinski definition) is 2. The first-order chi connectivity index (χ1) is 14.3. The Balaban J connectivity index is 1.90. The van der Waals surface area contributed by atoms with E-state index in [2.05, 4.69) is 53.1 Å². The topological polar surface area (TPSA) is 52.5 Å². The molecule has 29 heavy (non-hydrogen) atoms. The van der Waals surface area contributed by atoms with E-state index in [0.29, 0.717) is 16.7 Å². The first kappa shape index (κ1) is 16.8. The van der Waals surface area contributed by atoms with Crippen molar-refractivity contribution in [3.63, 3.8) is 0 Å². The van der Waals surface area contributed by atoms with Crippen molar-refractivity contribution in [3.05, 3.63) is 102 Å². The van der Waals surface area contributed by atoms with Crippen molar-refractivity contribution in [2.24, 2.45) is 0 Å². The molecule has 3 heteroatoms. The van der Waals surface area contributed by atoms with Crippen molar-refractivity contribution >= 4 is 21.8 Å². The van der Waals surface area contributed by atoms with Crippen molar-refractivity contribution in [1.82, 2.24) is 4.57 Å². The summed E-state index contributed by atoms with van der Waals surface area (Å²) in [5, 5.41) is 21.5.